The fourth-order valence-electron chi connectivity index (χ4n) is 5.97. The Kier molecular flexibility index (Phi) is 7.71. The lowest BCUT2D eigenvalue weighted by molar-refractivity contribution is 0.0827. The van der Waals surface area contributed by atoms with E-state index >= 15 is 0 Å². The molecule has 7 heteroatoms. The Morgan fingerprint density at radius 3 is 2.56 bits per heavy atom. The Morgan fingerprint density at radius 1 is 1.13 bits per heavy atom. The number of anilines is 1. The van der Waals surface area contributed by atoms with Crippen molar-refractivity contribution in [2.45, 2.75) is 45.1 Å². The van der Waals surface area contributed by atoms with Crippen LogP contribution in [0.5, 0.6) is 0 Å². The molecule has 1 aromatic carbocycles. The second-order valence-electron chi connectivity index (χ2n) is 11.3. The number of nitrogens with zero attached hydrogens (tertiary/aromatic N) is 4. The Labute approximate surface area is 231 Å². The number of fused-ring (bicyclic) bond motifs is 1. The van der Waals surface area contributed by atoms with Crippen LogP contribution in [0.1, 0.15) is 59.8 Å². The topological polar surface area (TPSA) is 70.5 Å². The summed E-state index contributed by atoms with van der Waals surface area (Å²) in [6, 6.07) is 14.1. The van der Waals surface area contributed by atoms with Gasteiger partial charge in [-0.2, -0.15) is 0 Å². The molecule has 0 spiro atoms. The lowest BCUT2D eigenvalue weighted by atomic mass is 9.83. The van der Waals surface area contributed by atoms with Crippen molar-refractivity contribution in [2.75, 3.05) is 39.5 Å². The Morgan fingerprint density at radius 2 is 1.90 bits per heavy atom. The smallest absolute Gasteiger partial charge is 0.257 e. The fourth-order valence-corrected chi connectivity index (χ4v) is 5.97. The monoisotopic (exact) mass is 525 g/mol. The van der Waals surface area contributed by atoms with Crippen molar-refractivity contribution >= 4 is 17.7 Å². The van der Waals surface area contributed by atoms with Crippen LogP contribution in [0.15, 0.2) is 65.2 Å². The predicted molar refractivity (Wildman–Crippen MR) is 158 cm³/mol. The lowest BCUT2D eigenvalue weighted by Gasteiger charge is -2.39. The number of benzene rings is 1. The minimum atomic E-state index is -0.0568. The van der Waals surface area contributed by atoms with Crippen LogP contribution >= 0.6 is 0 Å². The van der Waals surface area contributed by atoms with Crippen molar-refractivity contribution in [3.63, 3.8) is 0 Å². The molecular weight excluding hydrogens is 486 g/mol. The van der Waals surface area contributed by atoms with Crippen LogP contribution in [-0.4, -0.2) is 65.5 Å². The maximum atomic E-state index is 12.9. The van der Waals surface area contributed by atoms with Crippen LogP contribution in [0.3, 0.4) is 0 Å². The molecule has 1 aliphatic heterocycles. The zero-order valence-electron chi connectivity index (χ0n) is 23.6. The number of carbonyl (C=O) groups is 1. The van der Waals surface area contributed by atoms with E-state index in [1.807, 2.05) is 43.7 Å². The number of pyridine rings is 2. The summed E-state index contributed by atoms with van der Waals surface area (Å²) in [4.78, 5) is 34.0. The highest BCUT2D eigenvalue weighted by Gasteiger charge is 2.29. The maximum absolute atomic E-state index is 12.9. The first-order valence-corrected chi connectivity index (χ1v) is 13.9. The lowest BCUT2D eigenvalue weighted by Crippen LogP contribution is -2.42. The van der Waals surface area contributed by atoms with Gasteiger partial charge in [-0.25, -0.2) is 0 Å². The van der Waals surface area contributed by atoms with Gasteiger partial charge in [0.15, 0.2) is 0 Å². The molecule has 1 N–H and O–H groups in total. The second kappa shape index (κ2) is 11.2. The van der Waals surface area contributed by atoms with Gasteiger partial charge in [-0.1, -0.05) is 30.7 Å². The predicted octanol–water partition coefficient (Wildman–Crippen LogP) is 4.82. The van der Waals surface area contributed by atoms with Crippen LogP contribution in [0.25, 0.3) is 11.8 Å². The molecule has 3 aromatic rings. The maximum Gasteiger partial charge on any atom is 0.257 e. The standard InChI is InChI=1S/C32H39N5O2/c1-21-16-29-28(30(10-13-34-29)37-15-12-27(33-3)19-31(37)38)18-26(21)20-36-14-11-25(17-22(36)2)23-6-8-24(9-7-23)32(39)35(4)5/h6-10,12-13,15,18-19,21-22,25,33H,11,14,16-17,20H2,1-5H3/t21?,22-,25-/m1/s1. The van der Waals surface area contributed by atoms with Gasteiger partial charge in [0.05, 0.1) is 11.4 Å². The van der Waals surface area contributed by atoms with E-state index in [-0.39, 0.29) is 11.5 Å². The third-order valence-electron chi connectivity index (χ3n) is 8.41. The summed E-state index contributed by atoms with van der Waals surface area (Å²) in [5.74, 6) is 0.941. The van der Waals surface area contributed by atoms with Crippen LogP contribution < -0.4 is 10.9 Å². The van der Waals surface area contributed by atoms with Gasteiger partial charge < -0.3 is 10.2 Å². The van der Waals surface area contributed by atoms with Gasteiger partial charge in [-0.05, 0) is 74.4 Å². The molecule has 0 saturated carbocycles. The number of rotatable bonds is 6. The average Bonchev–Trinajstić information content (AvgIpc) is 2.93. The minimum Gasteiger partial charge on any atom is -0.388 e. The molecule has 1 fully saturated rings. The molecule has 39 heavy (non-hydrogen) atoms. The Hall–Kier alpha value is -3.71. The van der Waals surface area contributed by atoms with Crippen molar-refractivity contribution in [1.29, 1.82) is 0 Å². The number of piperidine rings is 1. The molecule has 3 heterocycles. The van der Waals surface area contributed by atoms with Crippen LogP contribution in [-0.2, 0) is 6.42 Å². The number of amides is 1. The fraction of sp³-hybridized carbons (Fsp3) is 0.406. The zero-order chi connectivity index (χ0) is 27.7. The highest BCUT2D eigenvalue weighted by Crippen LogP contribution is 2.35. The minimum absolute atomic E-state index is 0.0411. The summed E-state index contributed by atoms with van der Waals surface area (Å²) >= 11 is 0. The molecule has 2 aliphatic rings. The van der Waals surface area contributed by atoms with E-state index < -0.39 is 0 Å². The van der Waals surface area contributed by atoms with E-state index in [9.17, 15) is 9.59 Å². The SMILES string of the molecule is CNc1ccn(-c2ccnc3c2C=C(CN2CC[C@@H](c4ccc(C(=O)N(C)C)cc4)C[C@H]2C)C(C)C3)c(=O)c1. The molecule has 1 saturated heterocycles. The van der Waals surface area contributed by atoms with E-state index in [1.54, 1.807) is 29.6 Å². The number of likely N-dealkylation sites (tertiary alicyclic amines) is 1. The zero-order valence-corrected chi connectivity index (χ0v) is 23.6. The first-order valence-electron chi connectivity index (χ1n) is 13.9. The summed E-state index contributed by atoms with van der Waals surface area (Å²) in [6.07, 6.45) is 9.01. The molecule has 1 amide bonds. The van der Waals surface area contributed by atoms with E-state index in [1.165, 1.54) is 11.1 Å². The average molecular weight is 526 g/mol. The van der Waals surface area contributed by atoms with Gasteiger partial charge in [0.2, 0.25) is 0 Å². The normalized spacial score (nSPS) is 21.2. The Bertz CT molecular complexity index is 1440. The number of nitrogens with one attached hydrogen (secondary N) is 1. The molecule has 0 bridgehead atoms. The first-order chi connectivity index (χ1) is 18.7. The van der Waals surface area contributed by atoms with Crippen molar-refractivity contribution in [1.82, 2.24) is 19.4 Å². The van der Waals surface area contributed by atoms with Crippen LogP contribution in [0, 0.1) is 5.92 Å². The van der Waals surface area contributed by atoms with E-state index in [2.05, 4.69) is 47.3 Å². The van der Waals surface area contributed by atoms with Crippen molar-refractivity contribution in [3.05, 3.63) is 93.2 Å². The summed E-state index contributed by atoms with van der Waals surface area (Å²) in [6.45, 7) is 6.57. The molecule has 5 rings (SSSR count). The number of aromatic nitrogens is 2. The van der Waals surface area contributed by atoms with E-state index in [0.717, 1.165) is 60.5 Å². The van der Waals surface area contributed by atoms with Crippen molar-refractivity contribution in [2.24, 2.45) is 5.92 Å². The van der Waals surface area contributed by atoms with Crippen molar-refractivity contribution in [3.8, 4) is 5.69 Å². The van der Waals surface area contributed by atoms with Gasteiger partial charge in [-0.15, -0.1) is 0 Å². The first kappa shape index (κ1) is 26.9. The highest BCUT2D eigenvalue weighted by atomic mass is 16.2. The van der Waals surface area contributed by atoms with Gasteiger partial charge in [0, 0.05) is 69.0 Å². The molecule has 7 nitrogen and oxygen atoms in total. The summed E-state index contributed by atoms with van der Waals surface area (Å²) in [5, 5.41) is 3.04. The summed E-state index contributed by atoms with van der Waals surface area (Å²) < 4.78 is 1.72. The molecule has 1 unspecified atom stereocenters. The van der Waals surface area contributed by atoms with Gasteiger partial charge in [0.25, 0.3) is 11.5 Å². The van der Waals surface area contributed by atoms with Gasteiger partial charge in [-0.3, -0.25) is 24.0 Å². The number of hydrogen-bond donors (Lipinski definition) is 1. The van der Waals surface area contributed by atoms with Crippen molar-refractivity contribution < 1.29 is 4.79 Å². The van der Waals surface area contributed by atoms with Crippen LogP contribution in [0.2, 0.25) is 0 Å². The molecule has 1 aliphatic carbocycles. The number of carbonyl (C=O) groups excluding carboxylic acids is 1. The third kappa shape index (κ3) is 5.55. The quantitative estimate of drug-likeness (QED) is 0.500. The third-order valence-corrected chi connectivity index (χ3v) is 8.41. The molecule has 204 valence electrons. The van der Waals surface area contributed by atoms with Gasteiger partial charge >= 0.3 is 0 Å². The van der Waals surface area contributed by atoms with Crippen LogP contribution in [0.4, 0.5) is 5.69 Å². The largest absolute Gasteiger partial charge is 0.388 e. The summed E-state index contributed by atoms with van der Waals surface area (Å²) in [5.41, 5.74) is 7.20. The Balaban J connectivity index is 1.32. The van der Waals surface area contributed by atoms with E-state index in [0.29, 0.717) is 17.9 Å². The molecule has 2 aromatic heterocycles. The number of hydrogen-bond acceptors (Lipinski definition) is 5. The highest BCUT2D eigenvalue weighted by molar-refractivity contribution is 5.93. The van der Waals surface area contributed by atoms with Gasteiger partial charge in [0.1, 0.15) is 0 Å². The molecular formula is C32H39N5O2. The van der Waals surface area contributed by atoms with E-state index in [4.69, 9.17) is 0 Å². The summed E-state index contributed by atoms with van der Waals surface area (Å²) in [7, 11) is 5.39. The second-order valence-corrected chi connectivity index (χ2v) is 11.3. The molecule has 3 atom stereocenters. The molecule has 0 radical (unpaired) electrons.